The second kappa shape index (κ2) is 9.60. The smallest absolute Gasteiger partial charge is 0.227 e. The highest BCUT2D eigenvalue weighted by Crippen LogP contribution is 2.33. The number of hydrogen-bond acceptors (Lipinski definition) is 3. The fourth-order valence-electron chi connectivity index (χ4n) is 5.61. The molecule has 174 valence electrons. The van der Waals surface area contributed by atoms with Gasteiger partial charge < -0.3 is 19.7 Å². The number of H-pyrrole nitrogens is 1. The highest BCUT2D eigenvalue weighted by molar-refractivity contribution is 5.91. The molecule has 2 aromatic carbocycles. The fourth-order valence-corrected chi connectivity index (χ4v) is 5.61. The first-order chi connectivity index (χ1) is 16.1. The van der Waals surface area contributed by atoms with Crippen LogP contribution in [-0.2, 0) is 11.2 Å². The zero-order valence-electron chi connectivity index (χ0n) is 20.0. The number of hydrogen-bond donors (Lipinski definition) is 1. The molecule has 0 radical (unpaired) electrons. The third kappa shape index (κ3) is 4.51. The minimum absolute atomic E-state index is 0.102. The molecule has 1 unspecified atom stereocenters. The Balaban J connectivity index is 1.36. The van der Waals surface area contributed by atoms with Gasteiger partial charge in [-0.3, -0.25) is 4.79 Å². The van der Waals surface area contributed by atoms with Crippen LogP contribution in [0.5, 0.6) is 0 Å². The first-order valence-electron chi connectivity index (χ1n) is 12.6. The number of aryl methyl sites for hydroxylation is 1. The summed E-state index contributed by atoms with van der Waals surface area (Å²) in [6, 6.07) is 17.4. The van der Waals surface area contributed by atoms with Crippen LogP contribution >= 0.6 is 0 Å². The standard InChI is InChI=1S/C28H36N4O/c1-3-24-25-12-4-5-13-26(25)29-27(24)21-9-6-11-23(19-21)32-15-7-10-22(20-32)28(33)31-16-8-14-30(2)17-18-31/h4-6,9,11-13,19,22,29H,3,7-8,10,14-18,20H2,1-2H3. The summed E-state index contributed by atoms with van der Waals surface area (Å²) in [4.78, 5) is 23.9. The van der Waals surface area contributed by atoms with Crippen molar-refractivity contribution in [2.45, 2.75) is 32.6 Å². The van der Waals surface area contributed by atoms with Crippen LogP contribution in [0.2, 0.25) is 0 Å². The number of piperidine rings is 1. The molecule has 33 heavy (non-hydrogen) atoms. The van der Waals surface area contributed by atoms with Crippen molar-refractivity contribution in [3.63, 3.8) is 0 Å². The van der Waals surface area contributed by atoms with E-state index in [4.69, 9.17) is 0 Å². The number of carbonyl (C=O) groups is 1. The predicted octanol–water partition coefficient (Wildman–Crippen LogP) is 4.78. The van der Waals surface area contributed by atoms with Crippen molar-refractivity contribution >= 4 is 22.5 Å². The van der Waals surface area contributed by atoms with E-state index in [1.807, 2.05) is 0 Å². The van der Waals surface area contributed by atoms with Gasteiger partial charge in [-0.15, -0.1) is 0 Å². The molecule has 2 aliphatic rings. The maximum atomic E-state index is 13.3. The number of amides is 1. The molecule has 3 heterocycles. The van der Waals surface area contributed by atoms with Crippen molar-refractivity contribution < 1.29 is 4.79 Å². The van der Waals surface area contributed by atoms with Crippen LogP contribution in [-0.4, -0.2) is 67.0 Å². The van der Waals surface area contributed by atoms with Crippen LogP contribution < -0.4 is 4.90 Å². The normalized spacial score (nSPS) is 20.2. The monoisotopic (exact) mass is 444 g/mol. The van der Waals surface area contributed by atoms with Crippen molar-refractivity contribution in [3.05, 3.63) is 54.1 Å². The minimum Gasteiger partial charge on any atom is -0.371 e. The lowest BCUT2D eigenvalue weighted by Crippen LogP contribution is -2.46. The first kappa shape index (κ1) is 22.0. The highest BCUT2D eigenvalue weighted by Gasteiger charge is 2.30. The number of anilines is 1. The summed E-state index contributed by atoms with van der Waals surface area (Å²) in [6.45, 7) is 7.89. The summed E-state index contributed by atoms with van der Waals surface area (Å²) < 4.78 is 0. The molecular weight excluding hydrogens is 408 g/mol. The average molecular weight is 445 g/mol. The van der Waals surface area contributed by atoms with E-state index >= 15 is 0 Å². The van der Waals surface area contributed by atoms with Gasteiger partial charge in [-0.2, -0.15) is 0 Å². The lowest BCUT2D eigenvalue weighted by molar-refractivity contribution is -0.135. The van der Waals surface area contributed by atoms with Crippen LogP contribution in [0.4, 0.5) is 5.69 Å². The van der Waals surface area contributed by atoms with E-state index in [1.165, 1.54) is 33.4 Å². The number of nitrogens with zero attached hydrogens (tertiary/aromatic N) is 3. The molecule has 1 N–H and O–H groups in total. The maximum Gasteiger partial charge on any atom is 0.227 e. The second-order valence-corrected chi connectivity index (χ2v) is 9.70. The van der Waals surface area contributed by atoms with E-state index in [1.54, 1.807) is 0 Å². The summed E-state index contributed by atoms with van der Waals surface area (Å²) in [5.74, 6) is 0.458. The summed E-state index contributed by atoms with van der Waals surface area (Å²) in [7, 11) is 2.15. The van der Waals surface area contributed by atoms with Crippen LogP contribution in [0.25, 0.3) is 22.2 Å². The molecule has 0 spiro atoms. The fraction of sp³-hybridized carbons (Fsp3) is 0.464. The van der Waals surface area contributed by atoms with E-state index in [0.29, 0.717) is 5.91 Å². The lowest BCUT2D eigenvalue weighted by atomic mass is 9.95. The van der Waals surface area contributed by atoms with Crippen molar-refractivity contribution in [1.29, 1.82) is 0 Å². The van der Waals surface area contributed by atoms with Crippen molar-refractivity contribution in [2.75, 3.05) is 51.2 Å². The first-order valence-corrected chi connectivity index (χ1v) is 12.6. The zero-order chi connectivity index (χ0) is 22.8. The van der Waals surface area contributed by atoms with Gasteiger partial charge in [0, 0.05) is 60.6 Å². The lowest BCUT2D eigenvalue weighted by Gasteiger charge is -2.36. The molecule has 5 heteroatoms. The van der Waals surface area contributed by atoms with E-state index in [-0.39, 0.29) is 5.92 Å². The van der Waals surface area contributed by atoms with E-state index in [2.05, 4.69) is 82.2 Å². The molecule has 1 atom stereocenters. The van der Waals surface area contributed by atoms with Gasteiger partial charge in [0.05, 0.1) is 5.92 Å². The molecule has 2 aliphatic heterocycles. The Hall–Kier alpha value is -2.79. The number of likely N-dealkylation sites (N-methyl/N-ethyl adjacent to an activating group) is 1. The quantitative estimate of drug-likeness (QED) is 0.630. The molecule has 3 aromatic rings. The van der Waals surface area contributed by atoms with Crippen molar-refractivity contribution in [3.8, 4) is 11.3 Å². The molecular formula is C28H36N4O. The van der Waals surface area contributed by atoms with Crippen molar-refractivity contribution in [2.24, 2.45) is 5.92 Å². The average Bonchev–Trinajstić information content (AvgIpc) is 3.10. The number of aromatic amines is 1. The summed E-state index contributed by atoms with van der Waals surface area (Å²) in [5.41, 5.74) is 6.24. The number of benzene rings is 2. The molecule has 2 saturated heterocycles. The van der Waals surface area contributed by atoms with Gasteiger partial charge in [0.25, 0.3) is 0 Å². The number of carbonyl (C=O) groups excluding carboxylic acids is 1. The largest absolute Gasteiger partial charge is 0.371 e. The maximum absolute atomic E-state index is 13.3. The summed E-state index contributed by atoms with van der Waals surface area (Å²) in [5, 5.41) is 1.31. The van der Waals surface area contributed by atoms with Crippen molar-refractivity contribution in [1.82, 2.24) is 14.8 Å². The molecule has 0 bridgehead atoms. The number of aromatic nitrogens is 1. The molecule has 5 nitrogen and oxygen atoms in total. The third-order valence-electron chi connectivity index (χ3n) is 7.47. The van der Waals surface area contributed by atoms with Gasteiger partial charge in [-0.25, -0.2) is 0 Å². The predicted molar refractivity (Wildman–Crippen MR) is 137 cm³/mol. The number of para-hydroxylation sites is 1. The van der Waals surface area contributed by atoms with Crippen LogP contribution in [0, 0.1) is 5.92 Å². The van der Waals surface area contributed by atoms with Gasteiger partial charge in [0.15, 0.2) is 0 Å². The van der Waals surface area contributed by atoms with Gasteiger partial charge in [0.2, 0.25) is 5.91 Å². The number of rotatable bonds is 4. The van der Waals surface area contributed by atoms with Gasteiger partial charge in [-0.1, -0.05) is 37.3 Å². The third-order valence-corrected chi connectivity index (χ3v) is 7.47. The Kier molecular flexibility index (Phi) is 6.41. The molecule has 5 rings (SSSR count). The topological polar surface area (TPSA) is 42.6 Å². The van der Waals surface area contributed by atoms with Crippen LogP contribution in [0.15, 0.2) is 48.5 Å². The molecule has 1 aromatic heterocycles. The Labute approximate surface area is 197 Å². The summed E-state index contributed by atoms with van der Waals surface area (Å²) in [6.07, 6.45) is 4.14. The molecule has 2 fully saturated rings. The van der Waals surface area contributed by atoms with Crippen LogP contribution in [0.3, 0.4) is 0 Å². The Bertz CT molecular complexity index is 1120. The number of nitrogens with one attached hydrogen (secondary N) is 1. The van der Waals surface area contributed by atoms with Gasteiger partial charge >= 0.3 is 0 Å². The number of fused-ring (bicyclic) bond motifs is 1. The molecule has 0 saturated carbocycles. The van der Waals surface area contributed by atoms with E-state index < -0.39 is 0 Å². The Morgan fingerprint density at radius 3 is 2.76 bits per heavy atom. The highest BCUT2D eigenvalue weighted by atomic mass is 16.2. The Morgan fingerprint density at radius 2 is 1.88 bits per heavy atom. The summed E-state index contributed by atoms with van der Waals surface area (Å²) >= 11 is 0. The van der Waals surface area contributed by atoms with E-state index in [9.17, 15) is 4.79 Å². The van der Waals surface area contributed by atoms with Crippen LogP contribution in [0.1, 0.15) is 31.7 Å². The second-order valence-electron chi connectivity index (χ2n) is 9.70. The zero-order valence-corrected chi connectivity index (χ0v) is 20.0. The molecule has 1 amide bonds. The van der Waals surface area contributed by atoms with Gasteiger partial charge in [0.1, 0.15) is 0 Å². The van der Waals surface area contributed by atoms with E-state index in [0.717, 1.165) is 65.0 Å². The Morgan fingerprint density at radius 1 is 1.00 bits per heavy atom. The molecule has 0 aliphatic carbocycles. The van der Waals surface area contributed by atoms with Gasteiger partial charge in [-0.05, 0) is 63.0 Å². The SMILES string of the molecule is CCc1c(-c2cccc(N3CCCC(C(=O)N4CCCN(C)CC4)C3)c2)[nH]c2ccccc12. The minimum atomic E-state index is 0.102.